The molecule has 2 rings (SSSR count). The number of halogens is 2. The quantitative estimate of drug-likeness (QED) is 0.902. The summed E-state index contributed by atoms with van der Waals surface area (Å²) >= 11 is 3.39. The minimum absolute atomic E-state index is 0.244. The Morgan fingerprint density at radius 3 is 2.85 bits per heavy atom. The van der Waals surface area contributed by atoms with Gasteiger partial charge in [0.2, 0.25) is 0 Å². The first-order valence-corrected chi connectivity index (χ1v) is 7.13. The molecular formula is C15H16BrFN2O. The molecule has 1 aromatic heterocycles. The van der Waals surface area contributed by atoms with Gasteiger partial charge in [0.1, 0.15) is 0 Å². The van der Waals surface area contributed by atoms with Crippen LogP contribution in [0.5, 0.6) is 5.75 Å². The first-order chi connectivity index (χ1) is 9.67. The number of aromatic nitrogens is 1. The zero-order valence-corrected chi connectivity index (χ0v) is 12.9. The van der Waals surface area contributed by atoms with Crippen molar-refractivity contribution >= 4 is 15.9 Å². The molecule has 1 aromatic carbocycles. The molecule has 3 nitrogen and oxygen atoms in total. The number of ether oxygens (including phenoxy) is 1. The number of methoxy groups -OCH3 is 1. The molecule has 0 saturated carbocycles. The van der Waals surface area contributed by atoms with E-state index >= 15 is 0 Å². The average Bonchev–Trinajstić information content (AvgIpc) is 2.45. The van der Waals surface area contributed by atoms with E-state index in [4.69, 9.17) is 4.74 Å². The fraction of sp³-hybridized carbons (Fsp3) is 0.267. The van der Waals surface area contributed by atoms with Crippen molar-refractivity contribution in [3.8, 4) is 5.75 Å². The average molecular weight is 339 g/mol. The highest BCUT2D eigenvalue weighted by atomic mass is 79.9. The first-order valence-electron chi connectivity index (χ1n) is 6.33. The number of rotatable bonds is 5. The third kappa shape index (κ3) is 3.16. The van der Waals surface area contributed by atoms with Crippen LogP contribution >= 0.6 is 15.9 Å². The second kappa shape index (κ2) is 6.81. The Bertz CT molecular complexity index is 592. The molecule has 0 bridgehead atoms. The lowest BCUT2D eigenvalue weighted by atomic mass is 9.99. The molecule has 0 saturated heterocycles. The van der Waals surface area contributed by atoms with E-state index in [-0.39, 0.29) is 17.6 Å². The van der Waals surface area contributed by atoms with Crippen LogP contribution in [-0.4, -0.2) is 18.6 Å². The van der Waals surface area contributed by atoms with Crippen LogP contribution in [0.25, 0.3) is 0 Å². The van der Waals surface area contributed by atoms with E-state index in [1.54, 1.807) is 30.6 Å². The van der Waals surface area contributed by atoms with Crippen molar-refractivity contribution in [2.45, 2.75) is 13.0 Å². The summed E-state index contributed by atoms with van der Waals surface area (Å²) < 4.78 is 20.3. The van der Waals surface area contributed by atoms with Crippen molar-refractivity contribution < 1.29 is 9.13 Å². The van der Waals surface area contributed by atoms with Gasteiger partial charge in [-0.05, 0) is 40.2 Å². The van der Waals surface area contributed by atoms with Crippen molar-refractivity contribution in [3.63, 3.8) is 0 Å². The Kier molecular flexibility index (Phi) is 5.09. The van der Waals surface area contributed by atoms with Gasteiger partial charge in [0, 0.05) is 22.4 Å². The van der Waals surface area contributed by atoms with E-state index in [0.29, 0.717) is 12.1 Å². The van der Waals surface area contributed by atoms with E-state index in [1.807, 2.05) is 13.0 Å². The summed E-state index contributed by atoms with van der Waals surface area (Å²) in [4.78, 5) is 4.14. The van der Waals surface area contributed by atoms with Gasteiger partial charge in [0.05, 0.1) is 13.2 Å². The summed E-state index contributed by atoms with van der Waals surface area (Å²) in [6.07, 6.45) is 3.44. The molecule has 0 spiro atoms. The maximum atomic E-state index is 14.4. The van der Waals surface area contributed by atoms with E-state index < -0.39 is 0 Å². The Hall–Kier alpha value is -1.46. The molecule has 0 aliphatic heterocycles. The second-order valence-corrected chi connectivity index (χ2v) is 5.21. The van der Waals surface area contributed by atoms with Gasteiger partial charge < -0.3 is 10.1 Å². The molecule has 0 aliphatic carbocycles. The molecule has 0 fully saturated rings. The third-order valence-electron chi connectivity index (χ3n) is 2.99. The SMILES string of the molecule is CCNC(c1cncc(Br)c1)c1cccc(OC)c1F. The van der Waals surface area contributed by atoms with Gasteiger partial charge in [0.25, 0.3) is 0 Å². The highest BCUT2D eigenvalue weighted by Crippen LogP contribution is 2.29. The number of nitrogens with one attached hydrogen (secondary N) is 1. The summed E-state index contributed by atoms with van der Waals surface area (Å²) in [6.45, 7) is 2.70. The van der Waals surface area contributed by atoms with E-state index in [2.05, 4.69) is 26.2 Å². The van der Waals surface area contributed by atoms with Crippen molar-refractivity contribution in [1.82, 2.24) is 10.3 Å². The highest BCUT2D eigenvalue weighted by Gasteiger charge is 2.20. The minimum Gasteiger partial charge on any atom is -0.494 e. The Morgan fingerprint density at radius 1 is 1.40 bits per heavy atom. The molecular weight excluding hydrogens is 323 g/mol. The number of hydrogen-bond acceptors (Lipinski definition) is 3. The maximum absolute atomic E-state index is 14.4. The molecule has 1 N–H and O–H groups in total. The summed E-state index contributed by atoms with van der Waals surface area (Å²) in [7, 11) is 1.46. The molecule has 0 aliphatic rings. The zero-order chi connectivity index (χ0) is 14.5. The van der Waals surface area contributed by atoms with Crippen molar-refractivity contribution in [2.24, 2.45) is 0 Å². The van der Waals surface area contributed by atoms with Crippen molar-refractivity contribution in [1.29, 1.82) is 0 Å². The Balaban J connectivity index is 2.48. The maximum Gasteiger partial charge on any atom is 0.170 e. The summed E-state index contributed by atoms with van der Waals surface area (Å²) in [5, 5.41) is 3.28. The van der Waals surface area contributed by atoms with Crippen molar-refractivity contribution in [3.05, 3.63) is 58.1 Å². The largest absolute Gasteiger partial charge is 0.494 e. The summed E-state index contributed by atoms with van der Waals surface area (Å²) in [5.41, 5.74) is 1.44. The van der Waals surface area contributed by atoms with Gasteiger partial charge in [-0.25, -0.2) is 4.39 Å². The van der Waals surface area contributed by atoms with Gasteiger partial charge in [-0.1, -0.05) is 19.1 Å². The van der Waals surface area contributed by atoms with E-state index in [9.17, 15) is 4.39 Å². The fourth-order valence-electron chi connectivity index (χ4n) is 2.11. The standard InChI is InChI=1S/C15H16BrFN2O/c1-3-19-15(10-7-11(16)9-18-8-10)12-5-4-6-13(20-2)14(12)17/h4-9,15,19H,3H2,1-2H3. The Labute approximate surface area is 126 Å². The highest BCUT2D eigenvalue weighted by molar-refractivity contribution is 9.10. The third-order valence-corrected chi connectivity index (χ3v) is 3.43. The Morgan fingerprint density at radius 2 is 2.20 bits per heavy atom. The van der Waals surface area contributed by atoms with Crippen LogP contribution in [0.1, 0.15) is 24.1 Å². The summed E-state index contributed by atoms with van der Waals surface area (Å²) in [6, 6.07) is 6.82. The monoisotopic (exact) mass is 338 g/mol. The lowest BCUT2D eigenvalue weighted by Crippen LogP contribution is -2.23. The van der Waals surface area contributed by atoms with Gasteiger partial charge in [0.15, 0.2) is 11.6 Å². The number of hydrogen-bond donors (Lipinski definition) is 1. The zero-order valence-electron chi connectivity index (χ0n) is 11.4. The molecule has 5 heteroatoms. The van der Waals surface area contributed by atoms with Crippen LogP contribution in [0.15, 0.2) is 41.1 Å². The molecule has 106 valence electrons. The fourth-order valence-corrected chi connectivity index (χ4v) is 2.49. The predicted octanol–water partition coefficient (Wildman–Crippen LogP) is 3.69. The summed E-state index contributed by atoms with van der Waals surface area (Å²) in [5.74, 6) is -0.103. The normalized spacial score (nSPS) is 12.2. The molecule has 0 amide bonds. The first kappa shape index (κ1) is 14.9. The molecule has 1 atom stereocenters. The predicted molar refractivity (Wildman–Crippen MR) is 80.4 cm³/mol. The molecule has 20 heavy (non-hydrogen) atoms. The van der Waals surface area contributed by atoms with Crippen LogP contribution < -0.4 is 10.1 Å². The number of benzene rings is 1. The smallest absolute Gasteiger partial charge is 0.170 e. The van der Waals surface area contributed by atoms with Gasteiger partial charge in [-0.2, -0.15) is 0 Å². The van der Waals surface area contributed by atoms with Crippen LogP contribution in [-0.2, 0) is 0 Å². The van der Waals surface area contributed by atoms with Crippen LogP contribution in [0.4, 0.5) is 4.39 Å². The van der Waals surface area contributed by atoms with E-state index in [1.165, 1.54) is 7.11 Å². The van der Waals surface area contributed by atoms with Crippen LogP contribution in [0.2, 0.25) is 0 Å². The number of nitrogens with zero attached hydrogens (tertiary/aromatic N) is 1. The van der Waals surface area contributed by atoms with E-state index in [0.717, 1.165) is 10.0 Å². The molecule has 0 radical (unpaired) electrons. The van der Waals surface area contributed by atoms with Gasteiger partial charge >= 0.3 is 0 Å². The lowest BCUT2D eigenvalue weighted by Gasteiger charge is -2.20. The van der Waals surface area contributed by atoms with Crippen molar-refractivity contribution in [2.75, 3.05) is 13.7 Å². The van der Waals surface area contributed by atoms with Crippen LogP contribution in [0, 0.1) is 5.82 Å². The number of pyridine rings is 1. The molecule has 1 unspecified atom stereocenters. The molecule has 1 heterocycles. The molecule has 2 aromatic rings. The minimum atomic E-state index is -0.346. The topological polar surface area (TPSA) is 34.2 Å². The lowest BCUT2D eigenvalue weighted by molar-refractivity contribution is 0.381. The second-order valence-electron chi connectivity index (χ2n) is 4.29. The van der Waals surface area contributed by atoms with Gasteiger partial charge in [-0.3, -0.25) is 4.98 Å². The van der Waals surface area contributed by atoms with Gasteiger partial charge in [-0.15, -0.1) is 0 Å². The van der Waals surface area contributed by atoms with Crippen LogP contribution in [0.3, 0.4) is 0 Å².